The number of fused-ring (bicyclic) bond motifs is 3. The Morgan fingerprint density at radius 3 is 1.87 bits per heavy atom. The minimum absolute atomic E-state index is 0.129. The zero-order valence-corrected chi connectivity index (χ0v) is 29.8. The Labute approximate surface area is 310 Å². The van der Waals surface area contributed by atoms with E-state index in [0.29, 0.717) is 11.8 Å². The van der Waals surface area contributed by atoms with Gasteiger partial charge in [-0.15, -0.1) is 0 Å². The van der Waals surface area contributed by atoms with Gasteiger partial charge < -0.3 is 0 Å². The van der Waals surface area contributed by atoms with Gasteiger partial charge in [0.25, 0.3) is 0 Å². The maximum Gasteiger partial charge on any atom is 0.0205 e. The van der Waals surface area contributed by atoms with Gasteiger partial charge in [0.15, 0.2) is 0 Å². The zero-order valence-electron chi connectivity index (χ0n) is 29.8. The molecule has 0 nitrogen and oxygen atoms in total. The quantitative estimate of drug-likeness (QED) is 0.164. The van der Waals surface area contributed by atoms with E-state index >= 15 is 0 Å². The lowest BCUT2D eigenvalue weighted by Crippen LogP contribution is -2.29. The molecule has 0 saturated heterocycles. The minimum atomic E-state index is -0.129. The van der Waals surface area contributed by atoms with Gasteiger partial charge in [-0.05, 0) is 128 Å². The summed E-state index contributed by atoms with van der Waals surface area (Å²) in [6.45, 7) is 4.81. The van der Waals surface area contributed by atoms with Crippen LogP contribution in [0.1, 0.15) is 30.5 Å². The second-order valence-corrected chi connectivity index (χ2v) is 16.0. The summed E-state index contributed by atoms with van der Waals surface area (Å²) in [5, 5.41) is 7.99. The molecule has 7 aromatic rings. The molecule has 0 amide bonds. The van der Waals surface area contributed by atoms with Gasteiger partial charge in [0.05, 0.1) is 0 Å². The van der Waals surface area contributed by atoms with Crippen LogP contribution < -0.4 is 0 Å². The van der Waals surface area contributed by atoms with Gasteiger partial charge in [0, 0.05) is 17.3 Å². The molecular weight excluding hydrogens is 637 g/mol. The third-order valence-corrected chi connectivity index (χ3v) is 13.0. The number of benzene rings is 7. The lowest BCUT2D eigenvalue weighted by molar-refractivity contribution is 0.566. The fourth-order valence-corrected chi connectivity index (χ4v) is 10.4. The smallest absolute Gasteiger partial charge is 0.0205 e. The van der Waals surface area contributed by atoms with Crippen molar-refractivity contribution in [3.05, 3.63) is 209 Å². The molecule has 248 valence electrons. The van der Waals surface area contributed by atoms with Crippen LogP contribution in [0, 0.1) is 11.8 Å². The van der Waals surface area contributed by atoms with E-state index in [1.54, 1.807) is 0 Å². The van der Waals surface area contributed by atoms with E-state index < -0.39 is 0 Å². The summed E-state index contributed by atoms with van der Waals surface area (Å²) in [6, 6.07) is 44.0. The fourth-order valence-electron chi connectivity index (χ4n) is 10.4. The molecule has 0 radical (unpaired) electrons. The Kier molecular flexibility index (Phi) is 5.77. The van der Waals surface area contributed by atoms with E-state index in [1.807, 2.05) is 0 Å². The summed E-state index contributed by atoms with van der Waals surface area (Å²) in [4.78, 5) is 0. The summed E-state index contributed by atoms with van der Waals surface area (Å²) < 4.78 is 0. The Balaban J connectivity index is 0.930. The van der Waals surface area contributed by atoms with Crippen LogP contribution in [0.25, 0.3) is 71.3 Å². The molecule has 5 aliphatic carbocycles. The van der Waals surface area contributed by atoms with Crippen LogP contribution >= 0.6 is 0 Å². The first kappa shape index (κ1) is 29.3. The standard InChI is InChI=1S/C53H36/c1-53(2)47-29-38(37-10-5-11-39(28-37)41-22-16-35-14-12-31-6-3-8-33-18-26-45(41)51(35)49(31)33)20-24-43(47)44-25-21-40(30-48(44)53)42-23-17-36-15-13-32-7-4-9-34-19-27-46(42)52(36)50(32)34/h3-30,49,51H,1-2H3. The van der Waals surface area contributed by atoms with Crippen molar-refractivity contribution >= 4 is 37.9 Å². The van der Waals surface area contributed by atoms with Crippen LogP contribution in [0.3, 0.4) is 0 Å². The highest BCUT2D eigenvalue weighted by molar-refractivity contribution is 6.25. The average molecular weight is 673 g/mol. The third-order valence-electron chi connectivity index (χ3n) is 13.0. The normalized spacial score (nSPS) is 20.1. The molecule has 53 heavy (non-hydrogen) atoms. The molecule has 0 aromatic heterocycles. The SMILES string of the molecule is CC1(C)c2cc(-c3cccc(C4=C5C=CC6=CC=CC7=CC=C(C=C4)C5C67)c3)ccc2-c2ccc(-c3ccc4ccc5cccc6ccc3c4c56)cc21. The first-order valence-electron chi connectivity index (χ1n) is 19.0. The average Bonchev–Trinajstić information content (AvgIpc) is 3.43. The first-order valence-corrected chi connectivity index (χ1v) is 19.0. The zero-order chi connectivity index (χ0) is 35.0. The van der Waals surface area contributed by atoms with Gasteiger partial charge in [-0.2, -0.15) is 0 Å². The van der Waals surface area contributed by atoms with E-state index in [-0.39, 0.29) is 5.41 Å². The number of hydrogen-bond acceptors (Lipinski definition) is 0. The van der Waals surface area contributed by atoms with Gasteiger partial charge in [0.1, 0.15) is 0 Å². The van der Waals surface area contributed by atoms with E-state index in [4.69, 9.17) is 0 Å². The summed E-state index contributed by atoms with van der Waals surface area (Å²) in [5.41, 5.74) is 18.8. The number of allylic oxidation sites excluding steroid dienone is 14. The summed E-state index contributed by atoms with van der Waals surface area (Å²) in [5.74, 6) is 0.795. The monoisotopic (exact) mass is 672 g/mol. The molecule has 0 heteroatoms. The fraction of sp³-hybridized carbons (Fsp3) is 0.0943. The molecule has 12 rings (SSSR count). The highest BCUT2D eigenvalue weighted by atomic mass is 14.4. The van der Waals surface area contributed by atoms with Crippen molar-refractivity contribution < 1.29 is 0 Å². The highest BCUT2D eigenvalue weighted by Crippen LogP contribution is 2.53. The number of rotatable bonds is 3. The Morgan fingerprint density at radius 2 is 1.04 bits per heavy atom. The van der Waals surface area contributed by atoms with E-state index in [0.717, 1.165) is 0 Å². The highest BCUT2D eigenvalue weighted by Gasteiger charge is 2.39. The largest absolute Gasteiger partial charge is 0.0617 e. The van der Waals surface area contributed by atoms with Gasteiger partial charge in [-0.25, -0.2) is 0 Å². The Morgan fingerprint density at radius 1 is 0.434 bits per heavy atom. The predicted molar refractivity (Wildman–Crippen MR) is 224 cm³/mol. The number of hydrogen-bond donors (Lipinski definition) is 0. The maximum absolute atomic E-state index is 2.47. The van der Waals surface area contributed by atoms with Crippen LogP contribution in [0.5, 0.6) is 0 Å². The van der Waals surface area contributed by atoms with Gasteiger partial charge in [-0.1, -0.05) is 166 Å². The molecule has 0 saturated carbocycles. The lowest BCUT2D eigenvalue weighted by Gasteiger charge is -2.40. The summed E-state index contributed by atoms with van der Waals surface area (Å²) in [6.07, 6.45) is 20.8. The first-order chi connectivity index (χ1) is 26.0. The van der Waals surface area contributed by atoms with E-state index in [9.17, 15) is 0 Å². The minimum Gasteiger partial charge on any atom is -0.0617 e. The van der Waals surface area contributed by atoms with Crippen LogP contribution in [0.4, 0.5) is 0 Å². The van der Waals surface area contributed by atoms with E-state index in [2.05, 4.69) is 184 Å². The molecule has 0 spiro atoms. The van der Waals surface area contributed by atoms with Crippen LogP contribution in [-0.4, -0.2) is 0 Å². The van der Waals surface area contributed by atoms with Crippen LogP contribution in [0.15, 0.2) is 192 Å². The van der Waals surface area contributed by atoms with Gasteiger partial charge >= 0.3 is 0 Å². The lowest BCUT2D eigenvalue weighted by atomic mass is 9.63. The molecule has 0 heterocycles. The van der Waals surface area contributed by atoms with Crippen molar-refractivity contribution in [1.29, 1.82) is 0 Å². The van der Waals surface area contributed by atoms with Gasteiger partial charge in [0.2, 0.25) is 0 Å². The van der Waals surface area contributed by atoms with E-state index in [1.165, 1.54) is 110 Å². The summed E-state index contributed by atoms with van der Waals surface area (Å²) in [7, 11) is 0. The third kappa shape index (κ3) is 4.01. The molecule has 0 aliphatic heterocycles. The molecule has 0 fully saturated rings. The Hall–Kier alpha value is -6.24. The molecule has 2 unspecified atom stereocenters. The topological polar surface area (TPSA) is 0 Å². The van der Waals surface area contributed by atoms with Gasteiger partial charge in [-0.3, -0.25) is 0 Å². The molecule has 0 N–H and O–H groups in total. The van der Waals surface area contributed by atoms with Crippen LogP contribution in [0.2, 0.25) is 0 Å². The summed E-state index contributed by atoms with van der Waals surface area (Å²) >= 11 is 0. The molecule has 0 bridgehead atoms. The molecular formula is C53H36. The molecule has 2 atom stereocenters. The van der Waals surface area contributed by atoms with Crippen molar-refractivity contribution in [2.45, 2.75) is 19.3 Å². The van der Waals surface area contributed by atoms with Crippen molar-refractivity contribution in [3.8, 4) is 33.4 Å². The van der Waals surface area contributed by atoms with Crippen LogP contribution in [-0.2, 0) is 5.41 Å². The predicted octanol–water partition coefficient (Wildman–Crippen LogP) is 13.7. The molecule has 5 aliphatic rings. The molecule has 7 aromatic carbocycles. The second-order valence-electron chi connectivity index (χ2n) is 16.0. The van der Waals surface area contributed by atoms with Crippen molar-refractivity contribution in [1.82, 2.24) is 0 Å². The maximum atomic E-state index is 2.47. The van der Waals surface area contributed by atoms with Crippen molar-refractivity contribution in [2.24, 2.45) is 11.8 Å². The van der Waals surface area contributed by atoms with Crippen molar-refractivity contribution in [3.63, 3.8) is 0 Å². The Bertz CT molecular complexity index is 3000. The second kappa shape index (κ2) is 10.4. The van der Waals surface area contributed by atoms with Crippen molar-refractivity contribution in [2.75, 3.05) is 0 Å².